The summed E-state index contributed by atoms with van der Waals surface area (Å²) < 4.78 is 5.90. The lowest BCUT2D eigenvalue weighted by atomic mass is 10.1. The highest BCUT2D eigenvalue weighted by molar-refractivity contribution is 7.18. The number of nitrogens with one attached hydrogen (secondary N) is 1. The van der Waals surface area contributed by atoms with Crippen molar-refractivity contribution >= 4 is 38.8 Å². The number of thiazole rings is 1. The van der Waals surface area contributed by atoms with Crippen LogP contribution in [-0.4, -0.2) is 22.9 Å². The number of carbonyl (C=O) groups excluding carboxylic acids is 1. The lowest BCUT2D eigenvalue weighted by Crippen LogP contribution is -2.12. The SMILES string of the molecule is COc1ccc(C(=O)Nc2ccc3nc(C)sc3c2)cc1[N+](=O)[O-]. The molecule has 8 heteroatoms. The number of carbonyl (C=O) groups is 1. The van der Waals surface area contributed by atoms with Crippen LogP contribution in [0.2, 0.25) is 0 Å². The van der Waals surface area contributed by atoms with Gasteiger partial charge in [0.1, 0.15) is 0 Å². The zero-order valence-corrected chi connectivity index (χ0v) is 13.7. The molecular weight excluding hydrogens is 330 g/mol. The van der Waals surface area contributed by atoms with Gasteiger partial charge in [-0.3, -0.25) is 14.9 Å². The van der Waals surface area contributed by atoms with E-state index in [2.05, 4.69) is 10.3 Å². The molecule has 0 aliphatic rings. The number of nitro groups is 1. The van der Waals surface area contributed by atoms with Gasteiger partial charge in [-0.1, -0.05) is 0 Å². The van der Waals surface area contributed by atoms with Crippen LogP contribution >= 0.6 is 11.3 Å². The van der Waals surface area contributed by atoms with E-state index in [0.717, 1.165) is 15.2 Å². The van der Waals surface area contributed by atoms with Crippen LogP contribution in [0.3, 0.4) is 0 Å². The number of rotatable bonds is 4. The van der Waals surface area contributed by atoms with E-state index in [0.29, 0.717) is 5.69 Å². The molecule has 2 aromatic carbocycles. The molecule has 0 fully saturated rings. The number of hydrogen-bond acceptors (Lipinski definition) is 6. The summed E-state index contributed by atoms with van der Waals surface area (Å²) in [5, 5.41) is 14.7. The predicted molar refractivity (Wildman–Crippen MR) is 92.0 cm³/mol. The zero-order valence-electron chi connectivity index (χ0n) is 12.9. The summed E-state index contributed by atoms with van der Waals surface area (Å²) in [6.45, 7) is 1.92. The lowest BCUT2D eigenvalue weighted by Gasteiger charge is -2.07. The lowest BCUT2D eigenvalue weighted by molar-refractivity contribution is -0.385. The minimum atomic E-state index is -0.582. The van der Waals surface area contributed by atoms with Gasteiger partial charge >= 0.3 is 5.69 Å². The molecular formula is C16H13N3O4S. The average Bonchev–Trinajstić information content (AvgIpc) is 2.93. The highest BCUT2D eigenvalue weighted by Gasteiger charge is 2.18. The quantitative estimate of drug-likeness (QED) is 0.575. The molecule has 122 valence electrons. The third-order valence-corrected chi connectivity index (χ3v) is 4.32. The normalized spacial score (nSPS) is 10.6. The van der Waals surface area contributed by atoms with Crippen LogP contribution < -0.4 is 10.1 Å². The molecule has 0 bridgehead atoms. The Hall–Kier alpha value is -3.00. The van der Waals surface area contributed by atoms with Crippen LogP contribution in [-0.2, 0) is 0 Å². The zero-order chi connectivity index (χ0) is 17.3. The predicted octanol–water partition coefficient (Wildman–Crippen LogP) is 3.77. The topological polar surface area (TPSA) is 94.4 Å². The summed E-state index contributed by atoms with van der Waals surface area (Å²) in [6, 6.07) is 9.49. The number of aryl methyl sites for hydroxylation is 1. The Kier molecular flexibility index (Phi) is 4.13. The van der Waals surface area contributed by atoms with Crippen molar-refractivity contribution in [1.29, 1.82) is 0 Å². The second kappa shape index (κ2) is 6.25. The fourth-order valence-corrected chi connectivity index (χ4v) is 3.16. The maximum Gasteiger partial charge on any atom is 0.311 e. The maximum absolute atomic E-state index is 12.3. The van der Waals surface area contributed by atoms with Gasteiger partial charge in [-0.05, 0) is 37.3 Å². The van der Waals surface area contributed by atoms with Gasteiger partial charge in [-0.25, -0.2) is 4.98 Å². The van der Waals surface area contributed by atoms with Crippen molar-refractivity contribution in [3.63, 3.8) is 0 Å². The van der Waals surface area contributed by atoms with E-state index in [1.54, 1.807) is 6.07 Å². The van der Waals surface area contributed by atoms with Gasteiger partial charge in [0.15, 0.2) is 5.75 Å². The van der Waals surface area contributed by atoms with E-state index in [4.69, 9.17) is 4.74 Å². The van der Waals surface area contributed by atoms with Gasteiger partial charge in [-0.2, -0.15) is 0 Å². The van der Waals surface area contributed by atoms with Crippen molar-refractivity contribution in [2.24, 2.45) is 0 Å². The van der Waals surface area contributed by atoms with Gasteiger partial charge in [0.25, 0.3) is 5.91 Å². The molecule has 0 aliphatic carbocycles. The standard InChI is InChI=1S/C16H13N3O4S/c1-9-17-12-5-4-11(8-15(12)24-9)18-16(20)10-3-6-14(23-2)13(7-10)19(21)22/h3-8H,1-2H3,(H,18,20). The molecule has 0 unspecified atom stereocenters. The van der Waals surface area contributed by atoms with Crippen molar-refractivity contribution in [3.05, 3.63) is 57.1 Å². The van der Waals surface area contributed by atoms with Crippen molar-refractivity contribution in [1.82, 2.24) is 4.98 Å². The van der Waals surface area contributed by atoms with E-state index in [9.17, 15) is 14.9 Å². The van der Waals surface area contributed by atoms with E-state index in [-0.39, 0.29) is 17.0 Å². The summed E-state index contributed by atoms with van der Waals surface area (Å²) in [7, 11) is 1.34. The molecule has 0 saturated carbocycles. The number of ether oxygens (including phenoxy) is 1. The largest absolute Gasteiger partial charge is 0.490 e. The molecule has 3 rings (SSSR count). The molecule has 0 radical (unpaired) electrons. The van der Waals surface area contributed by atoms with Gasteiger partial charge in [0.05, 0.1) is 27.3 Å². The molecule has 1 amide bonds. The Balaban J connectivity index is 1.88. The number of methoxy groups -OCH3 is 1. The minimum absolute atomic E-state index is 0.109. The smallest absolute Gasteiger partial charge is 0.311 e. The molecule has 1 heterocycles. The molecule has 7 nitrogen and oxygen atoms in total. The first-order chi connectivity index (χ1) is 11.5. The van der Waals surface area contributed by atoms with Gasteiger partial charge in [-0.15, -0.1) is 11.3 Å². The van der Waals surface area contributed by atoms with E-state index >= 15 is 0 Å². The van der Waals surface area contributed by atoms with Crippen LogP contribution in [0.25, 0.3) is 10.2 Å². The number of anilines is 1. The highest BCUT2D eigenvalue weighted by Crippen LogP contribution is 2.28. The van der Waals surface area contributed by atoms with Crippen LogP contribution in [0, 0.1) is 17.0 Å². The second-order valence-corrected chi connectivity index (χ2v) is 6.25. The molecule has 0 saturated heterocycles. The third kappa shape index (κ3) is 3.04. The van der Waals surface area contributed by atoms with E-state index in [1.165, 1.54) is 36.6 Å². The molecule has 24 heavy (non-hydrogen) atoms. The van der Waals surface area contributed by atoms with Crippen molar-refractivity contribution in [3.8, 4) is 5.75 Å². The molecule has 1 N–H and O–H groups in total. The number of benzene rings is 2. The Bertz CT molecular complexity index is 952. The maximum atomic E-state index is 12.3. The Morgan fingerprint density at radius 3 is 2.79 bits per heavy atom. The Morgan fingerprint density at radius 2 is 2.08 bits per heavy atom. The molecule has 0 atom stereocenters. The fourth-order valence-electron chi connectivity index (χ4n) is 2.29. The van der Waals surface area contributed by atoms with Crippen molar-refractivity contribution < 1.29 is 14.5 Å². The fraction of sp³-hybridized carbons (Fsp3) is 0.125. The Morgan fingerprint density at radius 1 is 1.29 bits per heavy atom. The molecule has 0 aliphatic heterocycles. The second-order valence-electron chi connectivity index (χ2n) is 5.01. The van der Waals surface area contributed by atoms with Gasteiger partial charge < -0.3 is 10.1 Å². The number of aromatic nitrogens is 1. The summed E-state index contributed by atoms with van der Waals surface area (Å²) >= 11 is 1.53. The first kappa shape index (κ1) is 15.9. The van der Waals surface area contributed by atoms with Crippen LogP contribution in [0.5, 0.6) is 5.75 Å². The highest BCUT2D eigenvalue weighted by atomic mass is 32.1. The summed E-state index contributed by atoms with van der Waals surface area (Å²) in [5.74, 6) is -0.320. The van der Waals surface area contributed by atoms with Crippen molar-refractivity contribution in [2.45, 2.75) is 6.92 Å². The summed E-state index contributed by atoms with van der Waals surface area (Å²) in [4.78, 5) is 27.2. The number of nitro benzene ring substituents is 1. The molecule has 1 aromatic heterocycles. The molecule has 3 aromatic rings. The Labute approximate surface area is 141 Å². The van der Waals surface area contributed by atoms with Gasteiger partial charge in [0.2, 0.25) is 0 Å². The summed E-state index contributed by atoms with van der Waals surface area (Å²) in [5.41, 5.74) is 1.41. The minimum Gasteiger partial charge on any atom is -0.490 e. The average molecular weight is 343 g/mol. The van der Waals surface area contributed by atoms with E-state index in [1.807, 2.05) is 19.1 Å². The third-order valence-electron chi connectivity index (χ3n) is 3.39. The molecule has 0 spiro atoms. The first-order valence-corrected chi connectivity index (χ1v) is 7.80. The number of fused-ring (bicyclic) bond motifs is 1. The van der Waals surface area contributed by atoms with Gasteiger partial charge in [0, 0.05) is 17.3 Å². The van der Waals surface area contributed by atoms with Crippen molar-refractivity contribution in [2.75, 3.05) is 12.4 Å². The number of nitrogens with zero attached hydrogens (tertiary/aromatic N) is 2. The van der Waals surface area contributed by atoms with Crippen LogP contribution in [0.1, 0.15) is 15.4 Å². The number of hydrogen-bond donors (Lipinski definition) is 1. The van der Waals surface area contributed by atoms with Crippen LogP contribution in [0.15, 0.2) is 36.4 Å². The van der Waals surface area contributed by atoms with E-state index < -0.39 is 10.8 Å². The monoisotopic (exact) mass is 343 g/mol. The van der Waals surface area contributed by atoms with Crippen LogP contribution in [0.4, 0.5) is 11.4 Å². The first-order valence-electron chi connectivity index (χ1n) is 6.99. The number of amides is 1. The summed E-state index contributed by atoms with van der Waals surface area (Å²) in [6.07, 6.45) is 0.